The van der Waals surface area contributed by atoms with Crippen molar-refractivity contribution in [1.82, 2.24) is 29.9 Å². The van der Waals surface area contributed by atoms with Crippen molar-refractivity contribution in [2.45, 2.75) is 6.42 Å². The summed E-state index contributed by atoms with van der Waals surface area (Å²) in [5.74, 6) is 1.60. The summed E-state index contributed by atoms with van der Waals surface area (Å²) in [7, 11) is 0. The zero-order valence-electron chi connectivity index (χ0n) is 13.4. The fourth-order valence-electron chi connectivity index (χ4n) is 2.43. The van der Waals surface area contributed by atoms with Gasteiger partial charge in [0.25, 0.3) is 0 Å². The van der Waals surface area contributed by atoms with Gasteiger partial charge in [0.05, 0.1) is 0 Å². The molecule has 4 heterocycles. The highest BCUT2D eigenvalue weighted by Gasteiger charge is 2.01. The van der Waals surface area contributed by atoms with Crippen LogP contribution in [0.2, 0.25) is 0 Å². The van der Waals surface area contributed by atoms with Gasteiger partial charge in [-0.3, -0.25) is 9.97 Å². The largest absolute Gasteiger partial charge is 0.370 e. The molecule has 8 nitrogen and oxygen atoms in total. The average Bonchev–Trinajstić information content (AvgIpc) is 2.67. The Labute approximate surface area is 143 Å². The molecule has 0 fully saturated rings. The van der Waals surface area contributed by atoms with Gasteiger partial charge in [0.15, 0.2) is 11.3 Å². The lowest BCUT2D eigenvalue weighted by Crippen LogP contribution is -2.10. The lowest BCUT2D eigenvalue weighted by Gasteiger charge is -2.08. The molecule has 8 heteroatoms. The molecular weight excluding hydrogens is 316 g/mol. The standard InChI is InChI=1S/C17H16N8/c1(6-20-14-4-2-12-16(24-14)22-10-8-18-12)7-21-15-5-3-13-17(25-15)23-11-9-19-13/h2-5,8-11H,1,6-7H2,(H,20,22,24)(H,21,23,25). The second kappa shape index (κ2) is 7.00. The highest BCUT2D eigenvalue weighted by molar-refractivity contribution is 5.72. The van der Waals surface area contributed by atoms with Crippen LogP contribution in [0.5, 0.6) is 0 Å². The van der Waals surface area contributed by atoms with Crippen molar-refractivity contribution in [2.75, 3.05) is 23.7 Å². The molecule has 4 aromatic rings. The molecule has 0 saturated carbocycles. The van der Waals surface area contributed by atoms with E-state index in [2.05, 4.69) is 40.5 Å². The van der Waals surface area contributed by atoms with E-state index in [4.69, 9.17) is 0 Å². The van der Waals surface area contributed by atoms with Crippen LogP contribution in [0.3, 0.4) is 0 Å². The molecule has 0 unspecified atom stereocenters. The summed E-state index contributed by atoms with van der Waals surface area (Å²) in [6, 6.07) is 7.65. The summed E-state index contributed by atoms with van der Waals surface area (Å²) >= 11 is 0. The van der Waals surface area contributed by atoms with Crippen LogP contribution in [-0.4, -0.2) is 43.0 Å². The van der Waals surface area contributed by atoms with Crippen LogP contribution in [0, 0.1) is 0 Å². The third-order valence-corrected chi connectivity index (χ3v) is 3.63. The van der Waals surface area contributed by atoms with E-state index in [1.54, 1.807) is 24.8 Å². The van der Waals surface area contributed by atoms with Gasteiger partial charge in [-0.1, -0.05) is 0 Å². The first-order chi connectivity index (χ1) is 12.4. The summed E-state index contributed by atoms with van der Waals surface area (Å²) in [5, 5.41) is 6.58. The number of hydrogen-bond donors (Lipinski definition) is 2. The Balaban J connectivity index is 1.28. The Bertz CT molecular complexity index is 922. The second-order valence-corrected chi connectivity index (χ2v) is 5.40. The Morgan fingerprint density at radius 3 is 1.60 bits per heavy atom. The molecule has 0 amide bonds. The fraction of sp³-hybridized carbons (Fsp3) is 0.176. The molecule has 0 aliphatic rings. The van der Waals surface area contributed by atoms with Gasteiger partial charge in [0.2, 0.25) is 0 Å². The first kappa shape index (κ1) is 15.1. The normalized spacial score (nSPS) is 10.9. The summed E-state index contributed by atoms with van der Waals surface area (Å²) in [4.78, 5) is 25.7. The summed E-state index contributed by atoms with van der Waals surface area (Å²) in [6.07, 6.45) is 7.53. The van der Waals surface area contributed by atoms with Gasteiger partial charge in [-0.25, -0.2) is 19.9 Å². The Kier molecular flexibility index (Phi) is 4.23. The Morgan fingerprint density at radius 2 is 1.08 bits per heavy atom. The highest BCUT2D eigenvalue weighted by atomic mass is 15.0. The number of hydrogen-bond acceptors (Lipinski definition) is 8. The molecule has 0 atom stereocenters. The van der Waals surface area contributed by atoms with Crippen LogP contribution >= 0.6 is 0 Å². The van der Waals surface area contributed by atoms with Crippen molar-refractivity contribution in [3.8, 4) is 0 Å². The van der Waals surface area contributed by atoms with E-state index >= 15 is 0 Å². The predicted molar refractivity (Wildman–Crippen MR) is 96.3 cm³/mol. The lowest BCUT2D eigenvalue weighted by atomic mass is 10.3. The van der Waals surface area contributed by atoms with Crippen LogP contribution in [0.1, 0.15) is 6.42 Å². The van der Waals surface area contributed by atoms with Crippen molar-refractivity contribution in [3.05, 3.63) is 49.1 Å². The number of nitrogens with one attached hydrogen (secondary N) is 2. The maximum absolute atomic E-state index is 4.43. The topological polar surface area (TPSA) is 101 Å². The van der Waals surface area contributed by atoms with Crippen molar-refractivity contribution in [3.63, 3.8) is 0 Å². The molecule has 0 saturated heterocycles. The third-order valence-electron chi connectivity index (χ3n) is 3.63. The predicted octanol–water partition coefficient (Wildman–Crippen LogP) is 2.28. The number of pyridine rings is 2. The van der Waals surface area contributed by atoms with Crippen LogP contribution in [0.25, 0.3) is 22.3 Å². The quantitative estimate of drug-likeness (QED) is 0.519. The molecule has 124 valence electrons. The minimum Gasteiger partial charge on any atom is -0.370 e. The Morgan fingerprint density at radius 1 is 0.600 bits per heavy atom. The molecule has 4 rings (SSSR count). The molecule has 25 heavy (non-hydrogen) atoms. The van der Waals surface area contributed by atoms with E-state index in [1.165, 1.54) is 0 Å². The van der Waals surface area contributed by atoms with E-state index < -0.39 is 0 Å². The summed E-state index contributed by atoms with van der Waals surface area (Å²) in [5.41, 5.74) is 2.87. The van der Waals surface area contributed by atoms with Crippen LogP contribution < -0.4 is 10.6 Å². The van der Waals surface area contributed by atoms with Crippen molar-refractivity contribution in [2.24, 2.45) is 0 Å². The average molecular weight is 332 g/mol. The molecule has 0 aliphatic carbocycles. The first-order valence-corrected chi connectivity index (χ1v) is 8.02. The van der Waals surface area contributed by atoms with Crippen molar-refractivity contribution >= 4 is 34.0 Å². The van der Waals surface area contributed by atoms with E-state index in [1.807, 2.05) is 24.3 Å². The van der Waals surface area contributed by atoms with Crippen molar-refractivity contribution in [1.29, 1.82) is 0 Å². The molecular formula is C17H16N8. The molecule has 2 N–H and O–H groups in total. The molecule has 0 spiro atoms. The number of aromatic nitrogens is 6. The van der Waals surface area contributed by atoms with E-state index in [0.29, 0.717) is 11.3 Å². The number of rotatable bonds is 6. The zero-order valence-corrected chi connectivity index (χ0v) is 13.4. The Hall–Kier alpha value is -3.42. The fourth-order valence-corrected chi connectivity index (χ4v) is 2.43. The highest BCUT2D eigenvalue weighted by Crippen LogP contribution is 2.11. The maximum atomic E-state index is 4.43. The van der Waals surface area contributed by atoms with Gasteiger partial charge in [0.1, 0.15) is 22.7 Å². The number of anilines is 2. The molecule has 0 aromatic carbocycles. The van der Waals surface area contributed by atoms with Crippen LogP contribution in [0.15, 0.2) is 49.1 Å². The minimum atomic E-state index is 0.645. The molecule has 0 aliphatic heterocycles. The second-order valence-electron chi connectivity index (χ2n) is 5.40. The molecule has 4 aromatic heterocycles. The van der Waals surface area contributed by atoms with Crippen LogP contribution in [-0.2, 0) is 0 Å². The van der Waals surface area contributed by atoms with Gasteiger partial charge in [-0.15, -0.1) is 0 Å². The monoisotopic (exact) mass is 332 g/mol. The maximum Gasteiger partial charge on any atom is 0.180 e. The minimum absolute atomic E-state index is 0.645. The SMILES string of the molecule is c1cnc2nc(NCCCNc3ccc4nccnc4n3)ccc2n1. The molecule has 0 radical (unpaired) electrons. The summed E-state index contributed by atoms with van der Waals surface area (Å²) < 4.78 is 0. The summed E-state index contributed by atoms with van der Waals surface area (Å²) in [6.45, 7) is 1.58. The smallest absolute Gasteiger partial charge is 0.180 e. The zero-order chi connectivity index (χ0) is 16.9. The van der Waals surface area contributed by atoms with E-state index in [0.717, 1.165) is 42.2 Å². The van der Waals surface area contributed by atoms with Gasteiger partial charge in [0, 0.05) is 37.9 Å². The van der Waals surface area contributed by atoms with Gasteiger partial charge in [-0.05, 0) is 30.7 Å². The van der Waals surface area contributed by atoms with Crippen LogP contribution in [0.4, 0.5) is 11.6 Å². The van der Waals surface area contributed by atoms with Gasteiger partial charge >= 0.3 is 0 Å². The third kappa shape index (κ3) is 3.57. The number of fused-ring (bicyclic) bond motifs is 2. The van der Waals surface area contributed by atoms with Crippen molar-refractivity contribution < 1.29 is 0 Å². The first-order valence-electron chi connectivity index (χ1n) is 8.02. The molecule has 0 bridgehead atoms. The van der Waals surface area contributed by atoms with E-state index in [-0.39, 0.29) is 0 Å². The van der Waals surface area contributed by atoms with Gasteiger partial charge < -0.3 is 10.6 Å². The van der Waals surface area contributed by atoms with Gasteiger partial charge in [-0.2, -0.15) is 0 Å². The van der Waals surface area contributed by atoms with E-state index in [9.17, 15) is 0 Å². The number of nitrogens with zero attached hydrogens (tertiary/aromatic N) is 6. The lowest BCUT2D eigenvalue weighted by molar-refractivity contribution is 0.900.